The maximum Gasteiger partial charge on any atom is 0.237 e. The minimum Gasteiger partial charge on any atom is -0.423 e. The quantitative estimate of drug-likeness (QED) is 0.409. The number of hydrogen-bond acceptors (Lipinski definition) is 4. The van der Waals surface area contributed by atoms with Gasteiger partial charge in [-0.3, -0.25) is 5.41 Å². The first kappa shape index (κ1) is 7.07. The monoisotopic (exact) mass is 204 g/mol. The third kappa shape index (κ3) is 1.10. The van der Waals surface area contributed by atoms with Crippen LogP contribution in [-0.2, 0) is 0 Å². The van der Waals surface area contributed by atoms with Crippen LogP contribution in [0.25, 0.3) is 0 Å². The van der Waals surface area contributed by atoms with Gasteiger partial charge in [0.25, 0.3) is 0 Å². The molecule has 0 aliphatic carbocycles. The van der Waals surface area contributed by atoms with Crippen LogP contribution in [0, 0.1) is 5.41 Å². The van der Waals surface area contributed by atoms with E-state index in [1.54, 1.807) is 0 Å². The second-order valence-corrected chi connectivity index (χ2v) is 2.45. The number of hydrogen-bond donors (Lipinski definition) is 3. The van der Waals surface area contributed by atoms with Gasteiger partial charge in [-0.05, 0) is 15.9 Å². The van der Waals surface area contributed by atoms with Crippen LogP contribution in [0.4, 0.5) is 5.95 Å². The first-order valence-corrected chi connectivity index (χ1v) is 3.19. The molecule has 0 bridgehead atoms. The number of anilines is 1. The van der Waals surface area contributed by atoms with E-state index in [2.05, 4.69) is 20.9 Å². The molecule has 10 heavy (non-hydrogen) atoms. The van der Waals surface area contributed by atoms with Gasteiger partial charge in [0.2, 0.25) is 5.95 Å². The van der Waals surface area contributed by atoms with E-state index in [0.29, 0.717) is 9.33 Å². The van der Waals surface area contributed by atoms with Gasteiger partial charge in [-0.1, -0.05) is 0 Å². The van der Waals surface area contributed by atoms with Gasteiger partial charge in [-0.25, -0.2) is 4.98 Å². The summed E-state index contributed by atoms with van der Waals surface area (Å²) in [7, 11) is 0. The van der Waals surface area contributed by atoms with Gasteiger partial charge >= 0.3 is 0 Å². The number of rotatable bonds is 0. The van der Waals surface area contributed by atoms with E-state index in [-0.39, 0.29) is 11.4 Å². The average Bonchev–Trinajstić information content (AvgIpc) is 1.82. The zero-order valence-corrected chi connectivity index (χ0v) is 6.46. The Balaban J connectivity index is 3.46. The molecule has 0 amide bonds. The van der Waals surface area contributed by atoms with Gasteiger partial charge in [-0.15, -0.1) is 4.73 Å². The maximum atomic E-state index is 8.85. The first-order valence-electron chi connectivity index (χ1n) is 2.40. The Morgan fingerprint density at radius 3 is 2.90 bits per heavy atom. The number of nitrogens with zero attached hydrogens (tertiary/aromatic N) is 2. The third-order valence-corrected chi connectivity index (χ3v) is 1.33. The Hall–Kier alpha value is -1.04. The first-order chi connectivity index (χ1) is 4.61. The van der Waals surface area contributed by atoms with Crippen LogP contribution in [0.15, 0.2) is 10.7 Å². The molecule has 6 heteroatoms. The molecular formula is C4H5BrN4O. The second kappa shape index (κ2) is 2.30. The summed E-state index contributed by atoms with van der Waals surface area (Å²) in [6.45, 7) is 0. The van der Waals surface area contributed by atoms with E-state index in [0.717, 1.165) is 0 Å². The standard InChI is InChI=1S/C4H5BrN4O/c5-2-1-3(6)9(10)4(7)8-2/h1,6,10H,(H2,7,8). The summed E-state index contributed by atoms with van der Waals surface area (Å²) in [5.41, 5.74) is 5.06. The van der Waals surface area contributed by atoms with Crippen LogP contribution in [-0.4, -0.2) is 14.9 Å². The molecule has 0 fully saturated rings. The molecule has 0 unspecified atom stereocenters. The highest BCUT2D eigenvalue weighted by Crippen LogP contribution is 2.02. The van der Waals surface area contributed by atoms with Crippen molar-refractivity contribution in [2.45, 2.75) is 0 Å². The van der Waals surface area contributed by atoms with Crippen molar-refractivity contribution >= 4 is 21.9 Å². The molecule has 0 spiro atoms. The predicted octanol–water partition coefficient (Wildman–Crippen LogP) is -0.0554. The Kier molecular flexibility index (Phi) is 1.62. The zero-order chi connectivity index (χ0) is 7.72. The zero-order valence-electron chi connectivity index (χ0n) is 4.87. The molecule has 54 valence electrons. The molecule has 5 nitrogen and oxygen atoms in total. The SMILES string of the molecule is N=c1cc(Br)nc(N)n1O. The van der Waals surface area contributed by atoms with Crippen LogP contribution in [0.5, 0.6) is 0 Å². The number of nitrogens with two attached hydrogens (primary N) is 1. The summed E-state index contributed by atoms with van der Waals surface area (Å²) >= 11 is 3.01. The van der Waals surface area contributed by atoms with Crippen molar-refractivity contribution in [2.75, 3.05) is 5.73 Å². The molecule has 0 aromatic carbocycles. The summed E-state index contributed by atoms with van der Waals surface area (Å²) in [6, 6.07) is 1.33. The number of nitrogens with one attached hydrogen (secondary N) is 1. The molecule has 0 aliphatic rings. The molecule has 1 heterocycles. The highest BCUT2D eigenvalue weighted by atomic mass is 79.9. The average molecular weight is 205 g/mol. The Bertz CT molecular complexity index is 307. The summed E-state index contributed by atoms with van der Waals surface area (Å²) in [5, 5.41) is 15.9. The van der Waals surface area contributed by atoms with Crippen LogP contribution in [0.1, 0.15) is 0 Å². The van der Waals surface area contributed by atoms with E-state index >= 15 is 0 Å². The molecule has 0 saturated carbocycles. The molecule has 1 aromatic rings. The topological polar surface area (TPSA) is 87.9 Å². The molecular weight excluding hydrogens is 200 g/mol. The fourth-order valence-electron chi connectivity index (χ4n) is 0.486. The van der Waals surface area contributed by atoms with Crippen molar-refractivity contribution in [1.82, 2.24) is 9.71 Å². The van der Waals surface area contributed by atoms with Gasteiger partial charge in [-0.2, -0.15) is 0 Å². The molecule has 0 aliphatic heterocycles. The van der Waals surface area contributed by atoms with E-state index in [4.69, 9.17) is 16.4 Å². The van der Waals surface area contributed by atoms with Crippen LogP contribution < -0.4 is 11.2 Å². The van der Waals surface area contributed by atoms with Crippen LogP contribution in [0.2, 0.25) is 0 Å². The molecule has 1 aromatic heterocycles. The molecule has 4 N–H and O–H groups in total. The van der Waals surface area contributed by atoms with Crippen molar-refractivity contribution in [1.29, 1.82) is 5.41 Å². The minimum atomic E-state index is -0.112. The highest BCUT2D eigenvalue weighted by molar-refractivity contribution is 9.10. The van der Waals surface area contributed by atoms with E-state index in [9.17, 15) is 0 Å². The van der Waals surface area contributed by atoms with Crippen LogP contribution in [0.3, 0.4) is 0 Å². The number of halogens is 1. The minimum absolute atomic E-state index is 0.112. The number of nitrogen functional groups attached to an aromatic ring is 1. The normalized spacial score (nSPS) is 9.70. The Morgan fingerprint density at radius 2 is 2.40 bits per heavy atom. The lowest BCUT2D eigenvalue weighted by atomic mass is 10.6. The van der Waals surface area contributed by atoms with Gasteiger partial charge < -0.3 is 10.9 Å². The lowest BCUT2D eigenvalue weighted by molar-refractivity contribution is 0.173. The predicted molar refractivity (Wildman–Crippen MR) is 37.4 cm³/mol. The maximum absolute atomic E-state index is 8.85. The molecule has 0 atom stereocenters. The molecule has 1 rings (SSSR count). The lowest BCUT2D eigenvalue weighted by Gasteiger charge is -1.99. The molecule has 0 radical (unpaired) electrons. The van der Waals surface area contributed by atoms with Crippen molar-refractivity contribution in [2.24, 2.45) is 0 Å². The van der Waals surface area contributed by atoms with Gasteiger partial charge in [0.15, 0.2) is 5.49 Å². The summed E-state index contributed by atoms with van der Waals surface area (Å²) < 4.78 is 0.922. The van der Waals surface area contributed by atoms with E-state index < -0.39 is 0 Å². The van der Waals surface area contributed by atoms with Crippen molar-refractivity contribution in [3.8, 4) is 0 Å². The summed E-state index contributed by atoms with van der Waals surface area (Å²) in [4.78, 5) is 3.62. The van der Waals surface area contributed by atoms with E-state index in [1.165, 1.54) is 6.07 Å². The Morgan fingerprint density at radius 1 is 1.80 bits per heavy atom. The Labute approximate surface area is 64.7 Å². The smallest absolute Gasteiger partial charge is 0.237 e. The third-order valence-electron chi connectivity index (χ3n) is 0.922. The second-order valence-electron chi connectivity index (χ2n) is 1.63. The van der Waals surface area contributed by atoms with Gasteiger partial charge in [0.05, 0.1) is 0 Å². The number of aromatic nitrogens is 2. The fraction of sp³-hybridized carbons (Fsp3) is 0. The van der Waals surface area contributed by atoms with E-state index in [1.807, 2.05) is 0 Å². The van der Waals surface area contributed by atoms with Crippen LogP contribution >= 0.6 is 15.9 Å². The van der Waals surface area contributed by atoms with Crippen molar-refractivity contribution < 1.29 is 5.21 Å². The van der Waals surface area contributed by atoms with Crippen molar-refractivity contribution in [3.63, 3.8) is 0 Å². The molecule has 0 saturated heterocycles. The highest BCUT2D eigenvalue weighted by Gasteiger charge is 1.97. The summed E-state index contributed by atoms with van der Waals surface area (Å²) in [6.07, 6.45) is 0. The van der Waals surface area contributed by atoms with Crippen molar-refractivity contribution in [3.05, 3.63) is 16.2 Å². The summed E-state index contributed by atoms with van der Waals surface area (Å²) in [5.74, 6) is -0.112. The van der Waals surface area contributed by atoms with Gasteiger partial charge in [0.1, 0.15) is 4.60 Å². The van der Waals surface area contributed by atoms with Gasteiger partial charge in [0, 0.05) is 6.07 Å². The largest absolute Gasteiger partial charge is 0.423 e. The lowest BCUT2D eigenvalue weighted by Crippen LogP contribution is -2.21. The fourth-order valence-corrected chi connectivity index (χ4v) is 0.885.